The zero-order valence-electron chi connectivity index (χ0n) is 18.5. The van der Waals surface area contributed by atoms with E-state index in [1.807, 2.05) is 88.4 Å². The SMILES string of the molecule is CC(C)/C(O)=C/C(=O)Cc1ccccc1.CC(C)/C(O)=C/C(=O)Cc1ccccc1.[Cu]. The molecule has 0 saturated carbocycles. The average Bonchev–Trinajstić information content (AvgIpc) is 2.69. The number of ketones is 2. The van der Waals surface area contributed by atoms with Gasteiger partial charge in [-0.15, -0.1) is 0 Å². The molecule has 2 aromatic rings. The molecule has 4 nitrogen and oxygen atoms in total. The molecule has 2 N–H and O–H groups in total. The molecular weight excluding hydrogens is 440 g/mol. The maximum absolute atomic E-state index is 11.5. The number of aliphatic hydroxyl groups is 2. The van der Waals surface area contributed by atoms with Gasteiger partial charge in [0.25, 0.3) is 0 Å². The van der Waals surface area contributed by atoms with Crippen LogP contribution in [0.5, 0.6) is 0 Å². The van der Waals surface area contributed by atoms with Gasteiger partial charge in [-0.2, -0.15) is 0 Å². The van der Waals surface area contributed by atoms with E-state index in [0.29, 0.717) is 12.8 Å². The van der Waals surface area contributed by atoms with Crippen LogP contribution in [0.15, 0.2) is 84.3 Å². The first kappa shape index (κ1) is 28.4. The molecule has 2 aromatic carbocycles. The third-order valence-corrected chi connectivity index (χ3v) is 4.24. The number of allylic oxidation sites excluding steroid dienone is 4. The largest absolute Gasteiger partial charge is 0.512 e. The molecule has 0 unspecified atom stereocenters. The molecule has 0 saturated heterocycles. The van der Waals surface area contributed by atoms with Gasteiger partial charge >= 0.3 is 0 Å². The number of aliphatic hydroxyl groups excluding tert-OH is 2. The van der Waals surface area contributed by atoms with Crippen LogP contribution in [0.25, 0.3) is 0 Å². The molecule has 0 aliphatic heterocycles. The van der Waals surface area contributed by atoms with Crippen molar-refractivity contribution in [1.29, 1.82) is 0 Å². The Balaban J connectivity index is 0.000000562. The van der Waals surface area contributed by atoms with Crippen LogP contribution in [0.4, 0.5) is 0 Å². The van der Waals surface area contributed by atoms with Gasteiger partial charge in [0.1, 0.15) is 0 Å². The van der Waals surface area contributed by atoms with Crippen LogP contribution in [0.1, 0.15) is 38.8 Å². The first-order valence-electron chi connectivity index (χ1n) is 10.1. The summed E-state index contributed by atoms with van der Waals surface area (Å²) < 4.78 is 0. The molecule has 0 atom stereocenters. The van der Waals surface area contributed by atoms with E-state index in [9.17, 15) is 19.8 Å². The van der Waals surface area contributed by atoms with Gasteiger partial charge in [0.2, 0.25) is 0 Å². The van der Waals surface area contributed by atoms with Gasteiger partial charge in [0.05, 0.1) is 11.5 Å². The van der Waals surface area contributed by atoms with Crippen molar-refractivity contribution in [3.8, 4) is 0 Å². The van der Waals surface area contributed by atoms with E-state index in [-0.39, 0.29) is 52.0 Å². The minimum absolute atomic E-state index is 0. The Morgan fingerprint density at radius 2 is 0.968 bits per heavy atom. The molecule has 1 radical (unpaired) electrons. The molecule has 0 bridgehead atoms. The molecule has 171 valence electrons. The van der Waals surface area contributed by atoms with Gasteiger partial charge in [-0.25, -0.2) is 0 Å². The fraction of sp³-hybridized carbons (Fsp3) is 0.308. The minimum Gasteiger partial charge on any atom is -0.512 e. The molecule has 0 spiro atoms. The molecule has 31 heavy (non-hydrogen) atoms. The monoisotopic (exact) mass is 471 g/mol. The van der Waals surface area contributed by atoms with E-state index in [2.05, 4.69) is 0 Å². The van der Waals surface area contributed by atoms with Gasteiger partial charge in [-0.1, -0.05) is 88.4 Å². The average molecular weight is 472 g/mol. The van der Waals surface area contributed by atoms with Gasteiger partial charge < -0.3 is 10.2 Å². The summed E-state index contributed by atoms with van der Waals surface area (Å²) in [5.41, 5.74) is 1.94. The van der Waals surface area contributed by atoms with Crippen LogP contribution in [0.2, 0.25) is 0 Å². The van der Waals surface area contributed by atoms with Crippen molar-refractivity contribution in [2.75, 3.05) is 0 Å². The number of carbonyl (C=O) groups excluding carboxylic acids is 2. The Bertz CT molecular complexity index is 780. The van der Waals surface area contributed by atoms with Crippen LogP contribution in [-0.4, -0.2) is 21.8 Å². The van der Waals surface area contributed by atoms with Gasteiger partial charge in [-0.3, -0.25) is 9.59 Å². The Hall–Kier alpha value is -2.62. The molecule has 0 aromatic heterocycles. The zero-order valence-corrected chi connectivity index (χ0v) is 19.5. The van der Waals surface area contributed by atoms with E-state index in [0.717, 1.165) is 11.1 Å². The van der Waals surface area contributed by atoms with Crippen molar-refractivity contribution in [2.45, 2.75) is 40.5 Å². The fourth-order valence-corrected chi connectivity index (χ4v) is 2.36. The van der Waals surface area contributed by atoms with Crippen molar-refractivity contribution in [3.63, 3.8) is 0 Å². The van der Waals surface area contributed by atoms with Crippen molar-refractivity contribution in [3.05, 3.63) is 95.5 Å². The molecule has 0 aliphatic carbocycles. The second-order valence-corrected chi connectivity index (χ2v) is 7.71. The third kappa shape index (κ3) is 12.6. The summed E-state index contributed by atoms with van der Waals surface area (Å²) in [6.07, 6.45) is 3.32. The number of hydrogen-bond donors (Lipinski definition) is 2. The Morgan fingerprint density at radius 1 is 0.677 bits per heavy atom. The zero-order chi connectivity index (χ0) is 22.5. The standard InChI is InChI=1S/2C13H16O2.Cu/c2*1-10(2)13(15)9-12(14)8-11-6-4-3-5-7-11;/h2*3-7,9-10,15H,8H2,1-2H3;/b2*13-9-;. The summed E-state index contributed by atoms with van der Waals surface area (Å²) in [7, 11) is 0. The number of benzene rings is 2. The minimum atomic E-state index is -0.0626. The fourth-order valence-electron chi connectivity index (χ4n) is 2.36. The van der Waals surface area contributed by atoms with E-state index < -0.39 is 0 Å². The van der Waals surface area contributed by atoms with Crippen LogP contribution in [0.3, 0.4) is 0 Å². The quantitative estimate of drug-likeness (QED) is 0.290. The summed E-state index contributed by atoms with van der Waals surface area (Å²) in [5, 5.41) is 18.8. The summed E-state index contributed by atoms with van der Waals surface area (Å²) in [6, 6.07) is 19.0. The van der Waals surface area contributed by atoms with Crippen LogP contribution >= 0.6 is 0 Å². The topological polar surface area (TPSA) is 74.6 Å². The molecule has 0 amide bonds. The number of rotatable bonds is 8. The van der Waals surface area contributed by atoms with Crippen molar-refractivity contribution in [2.24, 2.45) is 11.8 Å². The van der Waals surface area contributed by atoms with E-state index in [4.69, 9.17) is 0 Å². The van der Waals surface area contributed by atoms with Gasteiger partial charge in [0, 0.05) is 53.9 Å². The first-order chi connectivity index (χ1) is 14.2. The van der Waals surface area contributed by atoms with E-state index in [1.165, 1.54) is 12.2 Å². The smallest absolute Gasteiger partial charge is 0.163 e. The van der Waals surface area contributed by atoms with Crippen molar-refractivity contribution < 1.29 is 36.9 Å². The maximum Gasteiger partial charge on any atom is 0.163 e. The van der Waals surface area contributed by atoms with Crippen LogP contribution in [-0.2, 0) is 39.5 Å². The molecule has 2 rings (SSSR count). The normalized spacial score (nSPS) is 11.4. The van der Waals surface area contributed by atoms with Gasteiger partial charge in [-0.05, 0) is 11.1 Å². The number of carbonyl (C=O) groups is 2. The summed E-state index contributed by atoms with van der Waals surface area (Å²) in [6.45, 7) is 7.40. The summed E-state index contributed by atoms with van der Waals surface area (Å²) >= 11 is 0. The first-order valence-corrected chi connectivity index (χ1v) is 10.1. The van der Waals surface area contributed by atoms with E-state index in [1.54, 1.807) is 0 Å². The van der Waals surface area contributed by atoms with Crippen molar-refractivity contribution >= 4 is 11.6 Å². The molecule has 0 fully saturated rings. The third-order valence-electron chi connectivity index (χ3n) is 4.24. The molecule has 5 heteroatoms. The number of hydrogen-bond acceptors (Lipinski definition) is 4. The Morgan fingerprint density at radius 3 is 1.23 bits per heavy atom. The van der Waals surface area contributed by atoms with Crippen LogP contribution in [0, 0.1) is 11.8 Å². The van der Waals surface area contributed by atoms with Crippen molar-refractivity contribution in [1.82, 2.24) is 0 Å². The predicted molar refractivity (Wildman–Crippen MR) is 121 cm³/mol. The van der Waals surface area contributed by atoms with E-state index >= 15 is 0 Å². The predicted octanol–water partition coefficient (Wildman–Crippen LogP) is 5.79. The van der Waals surface area contributed by atoms with Gasteiger partial charge in [0.15, 0.2) is 11.6 Å². The second-order valence-electron chi connectivity index (χ2n) is 7.71. The summed E-state index contributed by atoms with van der Waals surface area (Å²) in [5.74, 6) is 0.182. The maximum atomic E-state index is 11.5. The Kier molecular flexibility index (Phi) is 13.9. The Labute approximate surface area is 196 Å². The summed E-state index contributed by atoms with van der Waals surface area (Å²) in [4.78, 5) is 23.0. The molecule has 0 aliphatic rings. The molecule has 0 heterocycles. The van der Waals surface area contributed by atoms with Crippen LogP contribution < -0.4 is 0 Å². The molecular formula is C26H32CuO4. The second kappa shape index (κ2) is 15.2.